The van der Waals surface area contributed by atoms with E-state index in [2.05, 4.69) is 5.10 Å². The van der Waals surface area contributed by atoms with Gasteiger partial charge in [0.25, 0.3) is 5.69 Å². The fourth-order valence-electron chi connectivity index (χ4n) is 1.45. The second kappa shape index (κ2) is 4.65. The molecule has 0 saturated carbocycles. The summed E-state index contributed by atoms with van der Waals surface area (Å²) in [7, 11) is 1.78. The number of nitrogens with zero attached hydrogens (tertiary/aromatic N) is 3. The predicted molar refractivity (Wildman–Crippen MR) is 60.6 cm³/mol. The highest BCUT2D eigenvalue weighted by atomic mass is 16.6. The highest BCUT2D eigenvalue weighted by Crippen LogP contribution is 2.19. The number of para-hydroxylation sites is 1. The molecule has 0 aliphatic carbocycles. The summed E-state index contributed by atoms with van der Waals surface area (Å²) >= 11 is 0. The first-order valence-electron chi connectivity index (χ1n) is 5.00. The van der Waals surface area contributed by atoms with Crippen molar-refractivity contribution in [2.24, 2.45) is 7.05 Å². The van der Waals surface area contributed by atoms with Gasteiger partial charge in [0.15, 0.2) is 5.75 Å². The first kappa shape index (κ1) is 11.1. The largest absolute Gasteiger partial charge is 0.485 e. The van der Waals surface area contributed by atoms with Crippen LogP contribution in [0.5, 0.6) is 5.75 Å². The normalized spacial score (nSPS) is 10.2. The summed E-state index contributed by atoms with van der Waals surface area (Å²) in [6, 6.07) is 6.51. The van der Waals surface area contributed by atoms with Crippen molar-refractivity contribution in [2.45, 2.75) is 6.61 Å². The molecule has 1 aromatic heterocycles. The minimum Gasteiger partial charge on any atom is -0.485 e. The second-order valence-corrected chi connectivity index (χ2v) is 3.52. The van der Waals surface area contributed by atoms with Crippen LogP contribution in [0, 0.1) is 10.1 Å². The van der Waals surface area contributed by atoms with Crippen molar-refractivity contribution < 1.29 is 9.66 Å². The van der Waals surface area contributed by atoms with E-state index >= 15 is 0 Å². The van der Waals surface area contributed by atoms with Crippen molar-refractivity contribution in [3.8, 4) is 5.75 Å². The Kier molecular flexibility index (Phi) is 3.04. The Bertz CT molecular complexity index is 536. The van der Waals surface area contributed by atoms with E-state index in [1.165, 1.54) is 6.07 Å². The van der Waals surface area contributed by atoms with E-state index in [-0.39, 0.29) is 12.3 Å². The van der Waals surface area contributed by atoms with Gasteiger partial charge in [-0.2, -0.15) is 5.10 Å². The molecule has 1 aromatic carbocycles. The first-order valence-corrected chi connectivity index (χ1v) is 5.00. The highest BCUT2D eigenvalue weighted by molar-refractivity contribution is 5.39. The van der Waals surface area contributed by atoms with Crippen molar-refractivity contribution >= 4 is 5.69 Å². The van der Waals surface area contributed by atoms with Crippen LogP contribution in [0.25, 0.3) is 0 Å². The lowest BCUT2D eigenvalue weighted by Gasteiger charge is -2.03. The van der Waals surface area contributed by atoms with Crippen LogP contribution in [0.1, 0.15) is 5.56 Å². The van der Waals surface area contributed by atoms with Crippen molar-refractivity contribution in [2.75, 3.05) is 0 Å². The standard InChI is InChI=1S/C11H11N3O3/c1-13-7-10(6-12-13)17-8-9-4-2-3-5-11(9)14(15)16/h2-7H,8H2,1H3. The Balaban J connectivity index is 2.11. The number of hydrogen-bond donors (Lipinski definition) is 0. The molecular formula is C11H11N3O3. The fourth-order valence-corrected chi connectivity index (χ4v) is 1.45. The van der Waals surface area contributed by atoms with Gasteiger partial charge in [0.1, 0.15) is 6.61 Å². The van der Waals surface area contributed by atoms with Crippen LogP contribution in [-0.4, -0.2) is 14.7 Å². The second-order valence-electron chi connectivity index (χ2n) is 3.52. The molecule has 0 saturated heterocycles. The molecule has 0 aliphatic rings. The summed E-state index contributed by atoms with van der Waals surface area (Å²) in [6.07, 6.45) is 3.27. The lowest BCUT2D eigenvalue weighted by molar-refractivity contribution is -0.385. The number of rotatable bonds is 4. The smallest absolute Gasteiger partial charge is 0.276 e. The molecule has 17 heavy (non-hydrogen) atoms. The van der Waals surface area contributed by atoms with Gasteiger partial charge in [-0.15, -0.1) is 0 Å². The van der Waals surface area contributed by atoms with Gasteiger partial charge in [-0.3, -0.25) is 14.8 Å². The lowest BCUT2D eigenvalue weighted by atomic mass is 10.2. The van der Waals surface area contributed by atoms with Gasteiger partial charge in [0.2, 0.25) is 0 Å². The van der Waals surface area contributed by atoms with E-state index < -0.39 is 4.92 Å². The third-order valence-electron chi connectivity index (χ3n) is 2.26. The van der Waals surface area contributed by atoms with E-state index in [9.17, 15) is 10.1 Å². The zero-order valence-corrected chi connectivity index (χ0v) is 9.24. The van der Waals surface area contributed by atoms with Gasteiger partial charge >= 0.3 is 0 Å². The molecule has 88 valence electrons. The quantitative estimate of drug-likeness (QED) is 0.597. The topological polar surface area (TPSA) is 70.2 Å². The molecule has 0 bridgehead atoms. The average Bonchev–Trinajstić information content (AvgIpc) is 2.73. The average molecular weight is 233 g/mol. The SMILES string of the molecule is Cn1cc(OCc2ccccc2[N+](=O)[O-])cn1. The van der Waals surface area contributed by atoms with Crippen molar-refractivity contribution in [3.63, 3.8) is 0 Å². The highest BCUT2D eigenvalue weighted by Gasteiger charge is 2.12. The third kappa shape index (κ3) is 2.60. The molecule has 2 rings (SSSR count). The summed E-state index contributed by atoms with van der Waals surface area (Å²) < 4.78 is 7.02. The number of aromatic nitrogens is 2. The van der Waals surface area contributed by atoms with Crippen LogP contribution in [0.2, 0.25) is 0 Å². The van der Waals surface area contributed by atoms with E-state index in [0.29, 0.717) is 11.3 Å². The van der Waals surface area contributed by atoms with Crippen LogP contribution in [0.15, 0.2) is 36.7 Å². The van der Waals surface area contributed by atoms with E-state index in [0.717, 1.165) is 0 Å². The summed E-state index contributed by atoms with van der Waals surface area (Å²) in [4.78, 5) is 10.4. The number of aryl methyl sites for hydroxylation is 1. The molecule has 0 aliphatic heterocycles. The Labute approximate surface area is 97.6 Å². The molecule has 0 atom stereocenters. The molecule has 2 aromatic rings. The molecule has 0 fully saturated rings. The summed E-state index contributed by atoms with van der Waals surface area (Å²) in [6.45, 7) is 0.156. The summed E-state index contributed by atoms with van der Waals surface area (Å²) in [5, 5.41) is 14.7. The van der Waals surface area contributed by atoms with E-state index in [4.69, 9.17) is 4.74 Å². The van der Waals surface area contributed by atoms with Crippen LogP contribution >= 0.6 is 0 Å². The molecular weight excluding hydrogens is 222 g/mol. The monoisotopic (exact) mass is 233 g/mol. The predicted octanol–water partition coefficient (Wildman–Crippen LogP) is 1.91. The molecule has 1 heterocycles. The summed E-state index contributed by atoms with van der Waals surface area (Å²) in [5.74, 6) is 0.589. The minimum atomic E-state index is -0.415. The Morgan fingerprint density at radius 3 is 2.88 bits per heavy atom. The zero-order chi connectivity index (χ0) is 12.3. The van der Waals surface area contributed by atoms with Gasteiger partial charge in [0, 0.05) is 13.1 Å². The Hall–Kier alpha value is -2.37. The van der Waals surface area contributed by atoms with E-state index in [1.807, 2.05) is 0 Å². The third-order valence-corrected chi connectivity index (χ3v) is 2.26. The van der Waals surface area contributed by atoms with Crippen LogP contribution < -0.4 is 4.74 Å². The minimum absolute atomic E-state index is 0.0661. The van der Waals surface area contributed by atoms with Gasteiger partial charge in [0.05, 0.1) is 22.9 Å². The number of ether oxygens (including phenoxy) is 1. The molecule has 0 N–H and O–H groups in total. The first-order chi connectivity index (χ1) is 8.16. The maximum absolute atomic E-state index is 10.8. The van der Waals surface area contributed by atoms with Crippen molar-refractivity contribution in [3.05, 3.63) is 52.3 Å². The van der Waals surface area contributed by atoms with Crippen molar-refractivity contribution in [1.82, 2.24) is 9.78 Å². The van der Waals surface area contributed by atoms with Gasteiger partial charge < -0.3 is 4.74 Å². The van der Waals surface area contributed by atoms with Gasteiger partial charge in [-0.05, 0) is 6.07 Å². The molecule has 0 amide bonds. The van der Waals surface area contributed by atoms with Crippen molar-refractivity contribution in [1.29, 1.82) is 0 Å². The van der Waals surface area contributed by atoms with Crippen LogP contribution in [0.3, 0.4) is 0 Å². The van der Waals surface area contributed by atoms with Gasteiger partial charge in [-0.25, -0.2) is 0 Å². The number of nitro groups is 1. The summed E-state index contributed by atoms with van der Waals surface area (Å²) in [5.41, 5.74) is 0.609. The molecule has 0 radical (unpaired) electrons. The van der Waals surface area contributed by atoms with Crippen LogP contribution in [-0.2, 0) is 13.7 Å². The molecule has 0 unspecified atom stereocenters. The molecule has 6 heteroatoms. The van der Waals surface area contributed by atoms with Crippen LogP contribution in [0.4, 0.5) is 5.69 Å². The maximum Gasteiger partial charge on any atom is 0.276 e. The number of benzene rings is 1. The fraction of sp³-hybridized carbons (Fsp3) is 0.182. The molecule has 6 nitrogen and oxygen atoms in total. The maximum atomic E-state index is 10.8. The molecule has 0 spiro atoms. The van der Waals surface area contributed by atoms with Gasteiger partial charge in [-0.1, -0.05) is 12.1 Å². The number of hydrogen-bond acceptors (Lipinski definition) is 4. The van der Waals surface area contributed by atoms with E-state index in [1.54, 1.807) is 42.3 Å². The lowest BCUT2D eigenvalue weighted by Crippen LogP contribution is -1.99. The Morgan fingerprint density at radius 1 is 1.47 bits per heavy atom. The Morgan fingerprint density at radius 2 is 2.24 bits per heavy atom. The zero-order valence-electron chi connectivity index (χ0n) is 9.24. The number of nitro benzene ring substituents is 1.